The number of hydrogen-bond donors (Lipinski definition) is 2. The topological polar surface area (TPSA) is 84.1 Å². The van der Waals surface area contributed by atoms with Gasteiger partial charge >= 0.3 is 5.63 Å². The van der Waals surface area contributed by atoms with Gasteiger partial charge in [0.05, 0.1) is 24.2 Å². The van der Waals surface area contributed by atoms with Gasteiger partial charge in [0.1, 0.15) is 17.1 Å². The summed E-state index contributed by atoms with van der Waals surface area (Å²) in [5.74, 6) is 0.976. The molecule has 0 saturated carbocycles. The monoisotopic (exact) mass is 390 g/mol. The van der Waals surface area contributed by atoms with Gasteiger partial charge in [-0.15, -0.1) is 0 Å². The van der Waals surface area contributed by atoms with Gasteiger partial charge in [0, 0.05) is 17.5 Å². The van der Waals surface area contributed by atoms with E-state index in [4.69, 9.17) is 9.15 Å². The van der Waals surface area contributed by atoms with Crippen molar-refractivity contribution >= 4 is 16.7 Å². The molecule has 1 aliphatic heterocycles. The van der Waals surface area contributed by atoms with Gasteiger partial charge in [-0.2, -0.15) is 5.10 Å². The predicted octanol–water partition coefficient (Wildman–Crippen LogP) is 3.74. The minimum Gasteiger partial charge on any atom is -0.506 e. The highest BCUT2D eigenvalue weighted by atomic mass is 16.5. The number of hydrazone groups is 1. The molecule has 1 aromatic heterocycles. The highest BCUT2D eigenvalue weighted by Crippen LogP contribution is 2.39. The summed E-state index contributed by atoms with van der Waals surface area (Å²) in [6.07, 6.45) is 3.06. The van der Waals surface area contributed by atoms with Gasteiger partial charge < -0.3 is 19.7 Å². The second-order valence-electron chi connectivity index (χ2n) is 7.71. The zero-order valence-electron chi connectivity index (χ0n) is 16.4. The number of hydrogen-bond acceptors (Lipinski definition) is 6. The van der Waals surface area contributed by atoms with Crippen LogP contribution in [0.15, 0.2) is 44.6 Å². The van der Waals surface area contributed by atoms with Gasteiger partial charge in [0.25, 0.3) is 0 Å². The standard InChI is InChI=1S/C23H22N2O4/c1-12-10-19-21(15-4-3-5-16(15)23(27)29-19)22(26)20(12)18-11-17(24-25-18)13-6-8-14(28-2)9-7-13/h6-10,17,24,26H,3-5,11H2,1-2H3/t17-/m0/s1. The normalized spacial score (nSPS) is 17.9. The molecule has 6 nitrogen and oxygen atoms in total. The van der Waals surface area contributed by atoms with Crippen LogP contribution >= 0.6 is 0 Å². The summed E-state index contributed by atoms with van der Waals surface area (Å²) in [7, 11) is 1.65. The van der Waals surface area contributed by atoms with Crippen molar-refractivity contribution in [3.05, 3.63) is 68.6 Å². The van der Waals surface area contributed by atoms with Crippen LogP contribution in [0.1, 0.15) is 46.7 Å². The molecule has 0 radical (unpaired) electrons. The van der Waals surface area contributed by atoms with Gasteiger partial charge in [-0.25, -0.2) is 4.79 Å². The van der Waals surface area contributed by atoms with Crippen LogP contribution in [-0.4, -0.2) is 17.9 Å². The molecule has 2 heterocycles. The van der Waals surface area contributed by atoms with Crippen LogP contribution in [0.25, 0.3) is 11.0 Å². The van der Waals surface area contributed by atoms with E-state index in [9.17, 15) is 9.90 Å². The van der Waals surface area contributed by atoms with Crippen molar-refractivity contribution in [2.45, 2.75) is 38.6 Å². The smallest absolute Gasteiger partial charge is 0.339 e. The molecule has 0 unspecified atom stereocenters. The number of fused-ring (bicyclic) bond motifs is 3. The summed E-state index contributed by atoms with van der Waals surface area (Å²) in [6.45, 7) is 1.91. The third-order valence-electron chi connectivity index (χ3n) is 5.99. The lowest BCUT2D eigenvalue weighted by atomic mass is 9.93. The molecule has 3 aromatic rings. The lowest BCUT2D eigenvalue weighted by molar-refractivity contribution is 0.414. The number of nitrogens with zero attached hydrogens (tertiary/aromatic N) is 1. The lowest BCUT2D eigenvalue weighted by Gasteiger charge is -2.14. The Morgan fingerprint density at radius 2 is 1.97 bits per heavy atom. The van der Waals surface area contributed by atoms with Crippen molar-refractivity contribution in [1.29, 1.82) is 0 Å². The zero-order chi connectivity index (χ0) is 20.1. The molecular formula is C23H22N2O4. The largest absolute Gasteiger partial charge is 0.506 e. The number of phenols is 1. The molecule has 2 aromatic carbocycles. The number of nitrogens with one attached hydrogen (secondary N) is 1. The van der Waals surface area contributed by atoms with E-state index in [-0.39, 0.29) is 17.4 Å². The maximum atomic E-state index is 12.2. The first kappa shape index (κ1) is 17.8. The maximum Gasteiger partial charge on any atom is 0.339 e. The average Bonchev–Trinajstić information content (AvgIpc) is 3.38. The Labute approximate surface area is 167 Å². The van der Waals surface area contributed by atoms with Gasteiger partial charge in [-0.1, -0.05) is 12.1 Å². The van der Waals surface area contributed by atoms with E-state index in [1.54, 1.807) is 7.11 Å². The fraction of sp³-hybridized carbons (Fsp3) is 0.304. The fourth-order valence-electron chi connectivity index (χ4n) is 4.54. The summed E-state index contributed by atoms with van der Waals surface area (Å²) < 4.78 is 10.7. The SMILES string of the molecule is COc1ccc([C@@H]2CC(c3c(C)cc4oc(=O)c5c(c4c3O)CCC5)=NN2)cc1. The lowest BCUT2D eigenvalue weighted by Crippen LogP contribution is -2.10. The summed E-state index contributed by atoms with van der Waals surface area (Å²) in [5, 5.41) is 16.4. The first-order chi connectivity index (χ1) is 14.1. The highest BCUT2D eigenvalue weighted by Gasteiger charge is 2.28. The second-order valence-corrected chi connectivity index (χ2v) is 7.71. The number of aromatic hydroxyl groups is 1. The van der Waals surface area contributed by atoms with E-state index >= 15 is 0 Å². The Morgan fingerprint density at radius 3 is 2.72 bits per heavy atom. The van der Waals surface area contributed by atoms with Gasteiger partial charge in [-0.05, 0) is 61.1 Å². The molecule has 6 heteroatoms. The van der Waals surface area contributed by atoms with Gasteiger partial charge in [0.15, 0.2) is 0 Å². The van der Waals surface area contributed by atoms with Crippen molar-refractivity contribution in [3.63, 3.8) is 0 Å². The Balaban J connectivity index is 1.55. The van der Waals surface area contributed by atoms with Crippen molar-refractivity contribution in [3.8, 4) is 11.5 Å². The third-order valence-corrected chi connectivity index (χ3v) is 5.99. The van der Waals surface area contributed by atoms with Crippen LogP contribution in [-0.2, 0) is 12.8 Å². The Bertz CT molecular complexity index is 1210. The molecule has 1 aliphatic carbocycles. The predicted molar refractivity (Wildman–Crippen MR) is 111 cm³/mol. The molecule has 2 N–H and O–H groups in total. The van der Waals surface area contributed by atoms with E-state index in [0.717, 1.165) is 46.6 Å². The molecule has 0 bridgehead atoms. The highest BCUT2D eigenvalue weighted by molar-refractivity contribution is 6.09. The fourth-order valence-corrected chi connectivity index (χ4v) is 4.54. The Hall–Kier alpha value is -3.28. The minimum atomic E-state index is -0.281. The first-order valence-electron chi connectivity index (χ1n) is 9.84. The van der Waals surface area contributed by atoms with Crippen molar-refractivity contribution in [1.82, 2.24) is 5.43 Å². The molecule has 1 atom stereocenters. The van der Waals surface area contributed by atoms with E-state index in [0.29, 0.717) is 29.4 Å². The van der Waals surface area contributed by atoms with Crippen molar-refractivity contribution in [2.24, 2.45) is 5.10 Å². The zero-order valence-corrected chi connectivity index (χ0v) is 16.4. The minimum absolute atomic E-state index is 0.0322. The van der Waals surface area contributed by atoms with Gasteiger partial charge in [0.2, 0.25) is 0 Å². The molecule has 0 amide bonds. The maximum absolute atomic E-state index is 12.2. The van der Waals surface area contributed by atoms with E-state index in [1.165, 1.54) is 0 Å². The molecular weight excluding hydrogens is 368 g/mol. The Morgan fingerprint density at radius 1 is 1.21 bits per heavy atom. The van der Waals surface area contributed by atoms with Crippen LogP contribution < -0.4 is 15.8 Å². The molecule has 2 aliphatic rings. The van der Waals surface area contributed by atoms with Gasteiger partial charge in [-0.3, -0.25) is 0 Å². The number of aryl methyl sites for hydroxylation is 2. The molecule has 0 fully saturated rings. The number of ether oxygens (including phenoxy) is 1. The van der Waals surface area contributed by atoms with Crippen molar-refractivity contribution in [2.75, 3.05) is 7.11 Å². The molecule has 29 heavy (non-hydrogen) atoms. The number of phenolic OH excluding ortho intramolecular Hbond substituents is 1. The quantitative estimate of drug-likeness (QED) is 0.666. The molecule has 0 spiro atoms. The number of methoxy groups -OCH3 is 1. The van der Waals surface area contributed by atoms with E-state index in [2.05, 4.69) is 10.5 Å². The summed E-state index contributed by atoms with van der Waals surface area (Å²) in [4.78, 5) is 12.2. The first-order valence-corrected chi connectivity index (χ1v) is 9.84. The summed E-state index contributed by atoms with van der Waals surface area (Å²) in [6, 6.07) is 9.77. The summed E-state index contributed by atoms with van der Waals surface area (Å²) >= 11 is 0. The molecule has 5 rings (SSSR count). The Kier molecular flexibility index (Phi) is 4.08. The van der Waals surface area contributed by atoms with Crippen LogP contribution in [0.4, 0.5) is 0 Å². The van der Waals surface area contributed by atoms with Crippen LogP contribution in [0, 0.1) is 6.92 Å². The average molecular weight is 390 g/mol. The van der Waals surface area contributed by atoms with Crippen molar-refractivity contribution < 1.29 is 14.3 Å². The third kappa shape index (κ3) is 2.78. The van der Waals surface area contributed by atoms with E-state index in [1.807, 2.05) is 37.3 Å². The second kappa shape index (κ2) is 6.65. The molecule has 148 valence electrons. The van der Waals surface area contributed by atoms with Crippen LogP contribution in [0.3, 0.4) is 0 Å². The van der Waals surface area contributed by atoms with Crippen LogP contribution in [0.5, 0.6) is 11.5 Å². The van der Waals surface area contributed by atoms with E-state index < -0.39 is 0 Å². The van der Waals surface area contributed by atoms with Crippen LogP contribution in [0.2, 0.25) is 0 Å². The number of benzene rings is 2. The summed E-state index contributed by atoms with van der Waals surface area (Å²) in [5.41, 5.74) is 8.46. The molecule has 0 saturated heterocycles. The number of rotatable bonds is 3.